The molecule has 1 aliphatic heterocycles. The van der Waals surface area contributed by atoms with Gasteiger partial charge < -0.3 is 15.0 Å². The molecule has 4 nitrogen and oxygen atoms in total. The van der Waals surface area contributed by atoms with Crippen LogP contribution >= 0.6 is 0 Å². The van der Waals surface area contributed by atoms with Crippen molar-refractivity contribution >= 4 is 5.91 Å². The third-order valence-corrected chi connectivity index (χ3v) is 3.75. The first-order valence-corrected chi connectivity index (χ1v) is 7.39. The summed E-state index contributed by atoms with van der Waals surface area (Å²) in [4.78, 5) is 14.2. The maximum absolute atomic E-state index is 12.4. The van der Waals surface area contributed by atoms with Crippen molar-refractivity contribution in [3.63, 3.8) is 0 Å². The lowest BCUT2D eigenvalue weighted by Crippen LogP contribution is -2.37. The molecule has 1 aromatic rings. The van der Waals surface area contributed by atoms with Crippen molar-refractivity contribution in [2.24, 2.45) is 5.92 Å². The molecule has 0 spiro atoms. The molecule has 0 atom stereocenters. The van der Waals surface area contributed by atoms with Gasteiger partial charge in [-0.25, -0.2) is 0 Å². The standard InChI is InChI=1S/C16H24N2O2/c1-3-20-15-6-4-14(5-7-15)16(19)18(2)12-13-8-10-17-11-9-13/h4-7,13,17H,3,8-12H2,1-2H3. The van der Waals surface area contributed by atoms with Crippen LogP contribution in [0.3, 0.4) is 0 Å². The van der Waals surface area contributed by atoms with Gasteiger partial charge in [0.05, 0.1) is 6.61 Å². The Morgan fingerprint density at radius 1 is 1.30 bits per heavy atom. The maximum Gasteiger partial charge on any atom is 0.253 e. The molecule has 1 N–H and O–H groups in total. The molecule has 1 fully saturated rings. The van der Waals surface area contributed by atoms with Crippen LogP contribution in [0, 0.1) is 5.92 Å². The fraction of sp³-hybridized carbons (Fsp3) is 0.562. The smallest absolute Gasteiger partial charge is 0.253 e. The molecule has 1 amide bonds. The third-order valence-electron chi connectivity index (χ3n) is 3.75. The molecule has 1 aromatic carbocycles. The molecule has 1 saturated heterocycles. The van der Waals surface area contributed by atoms with Crippen LogP contribution in [0.15, 0.2) is 24.3 Å². The summed E-state index contributed by atoms with van der Waals surface area (Å²) >= 11 is 0. The van der Waals surface area contributed by atoms with Gasteiger partial charge in [0.1, 0.15) is 5.75 Å². The molecule has 4 heteroatoms. The summed E-state index contributed by atoms with van der Waals surface area (Å²) in [6, 6.07) is 7.39. The number of piperidine rings is 1. The molecule has 1 heterocycles. The number of rotatable bonds is 5. The molecular formula is C16H24N2O2. The van der Waals surface area contributed by atoms with E-state index in [4.69, 9.17) is 4.74 Å². The van der Waals surface area contributed by atoms with Crippen molar-refractivity contribution < 1.29 is 9.53 Å². The molecular weight excluding hydrogens is 252 g/mol. The first kappa shape index (κ1) is 14.9. The Bertz CT molecular complexity index is 425. The van der Waals surface area contributed by atoms with Gasteiger partial charge in [-0.2, -0.15) is 0 Å². The monoisotopic (exact) mass is 276 g/mol. The summed E-state index contributed by atoms with van der Waals surface area (Å²) in [6.07, 6.45) is 2.31. The number of carbonyl (C=O) groups is 1. The normalized spacial score (nSPS) is 15.9. The Labute approximate surface area is 121 Å². The maximum atomic E-state index is 12.4. The van der Waals surface area contributed by atoms with E-state index in [-0.39, 0.29) is 5.91 Å². The third kappa shape index (κ3) is 3.97. The fourth-order valence-electron chi connectivity index (χ4n) is 2.62. The number of carbonyl (C=O) groups excluding carboxylic acids is 1. The minimum absolute atomic E-state index is 0.0894. The molecule has 1 aliphatic rings. The zero-order chi connectivity index (χ0) is 14.4. The molecule has 0 aromatic heterocycles. The Morgan fingerprint density at radius 2 is 1.95 bits per heavy atom. The van der Waals surface area contributed by atoms with Gasteiger partial charge in [-0.1, -0.05) is 0 Å². The Balaban J connectivity index is 1.91. The number of nitrogens with zero attached hydrogens (tertiary/aromatic N) is 1. The topological polar surface area (TPSA) is 41.6 Å². The zero-order valence-electron chi connectivity index (χ0n) is 12.4. The lowest BCUT2D eigenvalue weighted by Gasteiger charge is -2.27. The molecule has 0 radical (unpaired) electrons. The molecule has 20 heavy (non-hydrogen) atoms. The van der Waals surface area contributed by atoms with Crippen molar-refractivity contribution in [2.45, 2.75) is 19.8 Å². The highest BCUT2D eigenvalue weighted by atomic mass is 16.5. The van der Waals surface area contributed by atoms with E-state index in [1.807, 2.05) is 43.1 Å². The first-order valence-electron chi connectivity index (χ1n) is 7.39. The van der Waals surface area contributed by atoms with E-state index >= 15 is 0 Å². The van der Waals surface area contributed by atoms with Gasteiger partial charge >= 0.3 is 0 Å². The summed E-state index contributed by atoms with van der Waals surface area (Å²) < 4.78 is 5.39. The van der Waals surface area contributed by atoms with Gasteiger partial charge in [-0.3, -0.25) is 4.79 Å². The van der Waals surface area contributed by atoms with E-state index in [0.717, 1.165) is 43.8 Å². The van der Waals surface area contributed by atoms with Crippen molar-refractivity contribution in [2.75, 3.05) is 33.3 Å². The fourth-order valence-corrected chi connectivity index (χ4v) is 2.62. The first-order chi connectivity index (χ1) is 9.70. The minimum atomic E-state index is 0.0894. The van der Waals surface area contributed by atoms with E-state index in [1.54, 1.807) is 0 Å². The summed E-state index contributed by atoms with van der Waals surface area (Å²) in [5.74, 6) is 1.52. The van der Waals surface area contributed by atoms with Crippen LogP contribution in [0.2, 0.25) is 0 Å². The lowest BCUT2D eigenvalue weighted by atomic mass is 9.97. The second-order valence-electron chi connectivity index (χ2n) is 5.34. The van der Waals surface area contributed by atoms with Crippen LogP contribution in [0.25, 0.3) is 0 Å². The average molecular weight is 276 g/mol. The summed E-state index contributed by atoms with van der Waals surface area (Å²) in [6.45, 7) is 5.56. The van der Waals surface area contributed by atoms with Crippen LogP contribution in [0.1, 0.15) is 30.1 Å². The van der Waals surface area contributed by atoms with Crippen LogP contribution in [-0.2, 0) is 0 Å². The summed E-state index contributed by atoms with van der Waals surface area (Å²) in [5.41, 5.74) is 0.727. The number of hydrogen-bond acceptors (Lipinski definition) is 3. The summed E-state index contributed by atoms with van der Waals surface area (Å²) in [7, 11) is 1.89. The van der Waals surface area contributed by atoms with Crippen molar-refractivity contribution in [1.29, 1.82) is 0 Å². The molecule has 0 bridgehead atoms. The van der Waals surface area contributed by atoms with E-state index in [1.165, 1.54) is 0 Å². The van der Waals surface area contributed by atoms with Crippen LogP contribution in [0.4, 0.5) is 0 Å². The number of benzene rings is 1. The number of amides is 1. The van der Waals surface area contributed by atoms with E-state index in [2.05, 4.69) is 5.32 Å². The molecule has 0 aliphatic carbocycles. The molecule has 110 valence electrons. The van der Waals surface area contributed by atoms with Gasteiger partial charge in [-0.15, -0.1) is 0 Å². The average Bonchev–Trinajstić information content (AvgIpc) is 2.48. The van der Waals surface area contributed by atoms with E-state index in [0.29, 0.717) is 12.5 Å². The van der Waals surface area contributed by atoms with Gasteiger partial charge in [-0.05, 0) is 63.0 Å². The SMILES string of the molecule is CCOc1ccc(C(=O)N(C)CC2CCNCC2)cc1. The Morgan fingerprint density at radius 3 is 2.55 bits per heavy atom. The van der Waals surface area contributed by atoms with Gasteiger partial charge in [0.2, 0.25) is 0 Å². The second kappa shape index (κ2) is 7.29. The van der Waals surface area contributed by atoms with Gasteiger partial charge in [0.25, 0.3) is 5.91 Å². The van der Waals surface area contributed by atoms with Gasteiger partial charge in [0.15, 0.2) is 0 Å². The van der Waals surface area contributed by atoms with Crippen molar-refractivity contribution in [1.82, 2.24) is 10.2 Å². The van der Waals surface area contributed by atoms with Crippen LogP contribution in [-0.4, -0.2) is 44.1 Å². The van der Waals surface area contributed by atoms with Crippen LogP contribution in [0.5, 0.6) is 5.75 Å². The highest BCUT2D eigenvalue weighted by Gasteiger charge is 2.18. The number of nitrogens with one attached hydrogen (secondary N) is 1. The van der Waals surface area contributed by atoms with Gasteiger partial charge in [0, 0.05) is 19.2 Å². The molecule has 0 saturated carbocycles. The Kier molecular flexibility index (Phi) is 5.41. The lowest BCUT2D eigenvalue weighted by molar-refractivity contribution is 0.0763. The molecule has 2 rings (SSSR count). The van der Waals surface area contributed by atoms with Crippen LogP contribution < -0.4 is 10.1 Å². The second-order valence-corrected chi connectivity index (χ2v) is 5.34. The zero-order valence-corrected chi connectivity index (χ0v) is 12.4. The predicted molar refractivity (Wildman–Crippen MR) is 80.2 cm³/mol. The van der Waals surface area contributed by atoms with Crippen molar-refractivity contribution in [3.05, 3.63) is 29.8 Å². The highest BCUT2D eigenvalue weighted by Crippen LogP contribution is 2.16. The van der Waals surface area contributed by atoms with E-state index < -0.39 is 0 Å². The molecule has 0 unspecified atom stereocenters. The predicted octanol–water partition coefficient (Wildman–Crippen LogP) is 2.16. The largest absolute Gasteiger partial charge is 0.494 e. The highest BCUT2D eigenvalue weighted by molar-refractivity contribution is 5.94. The quantitative estimate of drug-likeness (QED) is 0.896. The number of hydrogen-bond donors (Lipinski definition) is 1. The van der Waals surface area contributed by atoms with E-state index in [9.17, 15) is 4.79 Å². The summed E-state index contributed by atoms with van der Waals surface area (Å²) in [5, 5.41) is 3.35. The minimum Gasteiger partial charge on any atom is -0.494 e. The number of ether oxygens (including phenoxy) is 1. The van der Waals surface area contributed by atoms with Crippen molar-refractivity contribution in [3.8, 4) is 5.75 Å². The Hall–Kier alpha value is -1.55.